The Morgan fingerprint density at radius 3 is 2.63 bits per heavy atom. The van der Waals surface area contributed by atoms with Crippen LogP contribution in [0.5, 0.6) is 5.75 Å². The van der Waals surface area contributed by atoms with Crippen molar-refractivity contribution in [1.29, 1.82) is 0 Å². The number of nitrogens with one attached hydrogen (secondary N) is 1. The highest BCUT2D eigenvalue weighted by molar-refractivity contribution is 6.30. The molecule has 4 heteroatoms. The Hall–Kier alpha value is -2.00. The van der Waals surface area contributed by atoms with E-state index in [4.69, 9.17) is 11.6 Å². The number of rotatable bonds is 3. The molecule has 0 aliphatic heterocycles. The van der Waals surface area contributed by atoms with Crippen LogP contribution in [0.2, 0.25) is 5.02 Å². The van der Waals surface area contributed by atoms with Gasteiger partial charge in [-0.3, -0.25) is 4.79 Å². The van der Waals surface area contributed by atoms with Gasteiger partial charge >= 0.3 is 0 Å². The van der Waals surface area contributed by atoms with E-state index in [9.17, 15) is 9.90 Å². The molecule has 0 saturated carbocycles. The van der Waals surface area contributed by atoms with Crippen molar-refractivity contribution in [2.45, 2.75) is 13.0 Å². The molecule has 0 heterocycles. The topological polar surface area (TPSA) is 49.3 Å². The Bertz CT molecular complexity index is 598. The third kappa shape index (κ3) is 3.48. The lowest BCUT2D eigenvalue weighted by Gasteiger charge is -2.14. The Kier molecular flexibility index (Phi) is 4.07. The molecule has 98 valence electrons. The van der Waals surface area contributed by atoms with E-state index in [2.05, 4.69) is 5.32 Å². The highest BCUT2D eigenvalue weighted by Crippen LogP contribution is 2.18. The Labute approximate surface area is 116 Å². The number of halogens is 1. The van der Waals surface area contributed by atoms with Crippen molar-refractivity contribution >= 4 is 17.5 Å². The van der Waals surface area contributed by atoms with E-state index in [1.807, 2.05) is 25.1 Å². The molecule has 2 aromatic carbocycles. The lowest BCUT2D eigenvalue weighted by Crippen LogP contribution is -2.26. The minimum absolute atomic E-state index is 0.0723. The quantitative estimate of drug-likeness (QED) is 0.900. The minimum atomic E-state index is -0.233. The number of amides is 1. The maximum absolute atomic E-state index is 12.0. The first kappa shape index (κ1) is 13.4. The predicted octanol–water partition coefficient (Wildman–Crippen LogP) is 3.54. The zero-order valence-electron chi connectivity index (χ0n) is 10.4. The second kappa shape index (κ2) is 5.76. The van der Waals surface area contributed by atoms with E-state index in [-0.39, 0.29) is 17.7 Å². The number of phenols is 1. The van der Waals surface area contributed by atoms with Gasteiger partial charge in [-0.15, -0.1) is 0 Å². The highest BCUT2D eigenvalue weighted by atomic mass is 35.5. The first-order valence-corrected chi connectivity index (χ1v) is 6.29. The van der Waals surface area contributed by atoms with Crippen molar-refractivity contribution in [2.24, 2.45) is 0 Å². The van der Waals surface area contributed by atoms with Gasteiger partial charge in [0.2, 0.25) is 0 Å². The molecule has 19 heavy (non-hydrogen) atoms. The van der Waals surface area contributed by atoms with E-state index in [1.54, 1.807) is 18.2 Å². The number of phenolic OH excluding ortho intramolecular Hbond substituents is 1. The number of carbonyl (C=O) groups is 1. The maximum Gasteiger partial charge on any atom is 0.251 e. The largest absolute Gasteiger partial charge is 0.508 e. The number of benzene rings is 2. The molecule has 2 rings (SSSR count). The van der Waals surface area contributed by atoms with E-state index in [0.717, 1.165) is 5.56 Å². The summed E-state index contributed by atoms with van der Waals surface area (Å²) in [4.78, 5) is 12.0. The van der Waals surface area contributed by atoms with E-state index in [0.29, 0.717) is 10.6 Å². The summed E-state index contributed by atoms with van der Waals surface area (Å²) in [5.74, 6) is -0.161. The lowest BCUT2D eigenvalue weighted by molar-refractivity contribution is 0.0939. The normalized spacial score (nSPS) is 11.9. The average Bonchev–Trinajstić information content (AvgIpc) is 2.38. The third-order valence-electron chi connectivity index (χ3n) is 2.80. The summed E-state index contributed by atoms with van der Waals surface area (Å²) >= 11 is 5.92. The van der Waals surface area contributed by atoms with Crippen LogP contribution in [0.4, 0.5) is 0 Å². The highest BCUT2D eigenvalue weighted by Gasteiger charge is 2.11. The van der Waals surface area contributed by atoms with Crippen LogP contribution in [0.1, 0.15) is 28.9 Å². The predicted molar refractivity (Wildman–Crippen MR) is 75.4 cm³/mol. The fourth-order valence-electron chi connectivity index (χ4n) is 1.79. The van der Waals surface area contributed by atoms with Crippen LogP contribution in [-0.2, 0) is 0 Å². The number of hydrogen-bond donors (Lipinski definition) is 2. The molecule has 1 atom stereocenters. The molecule has 1 amide bonds. The summed E-state index contributed by atoms with van der Waals surface area (Å²) in [6.07, 6.45) is 0. The SMILES string of the molecule is CC(NC(=O)c1cccc(O)c1)c1cccc(Cl)c1. The van der Waals surface area contributed by atoms with Crippen LogP contribution in [0.3, 0.4) is 0 Å². The van der Waals surface area contributed by atoms with Gasteiger partial charge in [0.1, 0.15) is 5.75 Å². The number of carbonyl (C=O) groups excluding carboxylic acids is 1. The smallest absolute Gasteiger partial charge is 0.251 e. The molecule has 0 spiro atoms. The van der Waals surface area contributed by atoms with Crippen molar-refractivity contribution < 1.29 is 9.90 Å². The molecule has 2 N–H and O–H groups in total. The van der Waals surface area contributed by atoms with Gasteiger partial charge in [-0.1, -0.05) is 29.8 Å². The molecular formula is C15H14ClNO2. The number of hydrogen-bond acceptors (Lipinski definition) is 2. The van der Waals surface area contributed by atoms with Crippen molar-refractivity contribution in [1.82, 2.24) is 5.32 Å². The van der Waals surface area contributed by atoms with Gasteiger partial charge in [-0.2, -0.15) is 0 Å². The molecule has 0 bridgehead atoms. The summed E-state index contributed by atoms with van der Waals surface area (Å²) in [5, 5.41) is 12.8. The van der Waals surface area contributed by atoms with E-state index in [1.165, 1.54) is 12.1 Å². The van der Waals surface area contributed by atoms with Crippen LogP contribution >= 0.6 is 11.6 Å². The van der Waals surface area contributed by atoms with Crippen molar-refractivity contribution in [3.05, 3.63) is 64.7 Å². The molecular weight excluding hydrogens is 262 g/mol. The summed E-state index contributed by atoms with van der Waals surface area (Å²) in [5.41, 5.74) is 1.36. The Balaban J connectivity index is 2.11. The standard InChI is InChI=1S/C15H14ClNO2/c1-10(11-4-2-6-13(16)8-11)17-15(19)12-5-3-7-14(18)9-12/h2-10,18H,1H3,(H,17,19). The Morgan fingerprint density at radius 2 is 1.95 bits per heavy atom. The fourth-order valence-corrected chi connectivity index (χ4v) is 1.99. The molecule has 0 aliphatic rings. The van der Waals surface area contributed by atoms with Crippen LogP contribution < -0.4 is 5.32 Å². The summed E-state index contributed by atoms with van der Waals surface area (Å²) in [7, 11) is 0. The van der Waals surface area contributed by atoms with Crippen LogP contribution in [0.25, 0.3) is 0 Å². The van der Waals surface area contributed by atoms with Gasteiger partial charge < -0.3 is 10.4 Å². The third-order valence-corrected chi connectivity index (χ3v) is 3.04. The molecule has 0 fully saturated rings. The maximum atomic E-state index is 12.0. The molecule has 0 aliphatic carbocycles. The summed E-state index contributed by atoms with van der Waals surface area (Å²) in [6.45, 7) is 1.88. The van der Waals surface area contributed by atoms with Crippen molar-refractivity contribution in [2.75, 3.05) is 0 Å². The van der Waals surface area contributed by atoms with Crippen LogP contribution in [-0.4, -0.2) is 11.0 Å². The zero-order valence-corrected chi connectivity index (χ0v) is 11.2. The molecule has 3 nitrogen and oxygen atoms in total. The first-order valence-electron chi connectivity index (χ1n) is 5.91. The Morgan fingerprint density at radius 1 is 1.21 bits per heavy atom. The van der Waals surface area contributed by atoms with E-state index >= 15 is 0 Å². The van der Waals surface area contributed by atoms with E-state index < -0.39 is 0 Å². The second-order valence-electron chi connectivity index (χ2n) is 4.30. The molecule has 0 aromatic heterocycles. The summed E-state index contributed by atoms with van der Waals surface area (Å²) < 4.78 is 0. The van der Waals surface area contributed by atoms with Gasteiger partial charge in [-0.05, 0) is 42.8 Å². The summed E-state index contributed by atoms with van der Waals surface area (Å²) in [6, 6.07) is 13.4. The average molecular weight is 276 g/mol. The van der Waals surface area contributed by atoms with Gasteiger partial charge in [-0.25, -0.2) is 0 Å². The van der Waals surface area contributed by atoms with Crippen molar-refractivity contribution in [3.63, 3.8) is 0 Å². The minimum Gasteiger partial charge on any atom is -0.508 e. The van der Waals surface area contributed by atoms with Crippen LogP contribution in [0, 0.1) is 0 Å². The van der Waals surface area contributed by atoms with Crippen molar-refractivity contribution in [3.8, 4) is 5.75 Å². The molecule has 0 radical (unpaired) electrons. The monoisotopic (exact) mass is 275 g/mol. The van der Waals surface area contributed by atoms with Gasteiger partial charge in [0.15, 0.2) is 0 Å². The van der Waals surface area contributed by atoms with Crippen LogP contribution in [0.15, 0.2) is 48.5 Å². The number of aromatic hydroxyl groups is 1. The lowest BCUT2D eigenvalue weighted by atomic mass is 10.1. The molecule has 0 saturated heterocycles. The molecule has 1 unspecified atom stereocenters. The second-order valence-corrected chi connectivity index (χ2v) is 4.74. The van der Waals surface area contributed by atoms with Gasteiger partial charge in [0.25, 0.3) is 5.91 Å². The fraction of sp³-hybridized carbons (Fsp3) is 0.133. The zero-order chi connectivity index (χ0) is 13.8. The van der Waals surface area contributed by atoms with Gasteiger partial charge in [0, 0.05) is 10.6 Å². The molecule has 2 aromatic rings. The first-order chi connectivity index (χ1) is 9.06. The van der Waals surface area contributed by atoms with Gasteiger partial charge in [0.05, 0.1) is 6.04 Å².